The second-order valence-electron chi connectivity index (χ2n) is 6.30. The van der Waals surface area contributed by atoms with Crippen LogP contribution in [0.1, 0.15) is 40.7 Å². The molecule has 0 radical (unpaired) electrons. The number of hydrogen-bond acceptors (Lipinski definition) is 3. The molecule has 0 unspecified atom stereocenters. The number of ether oxygens (including phenoxy) is 1. The Kier molecular flexibility index (Phi) is 4.22. The van der Waals surface area contributed by atoms with Crippen molar-refractivity contribution in [3.05, 3.63) is 64.1 Å². The van der Waals surface area contributed by atoms with E-state index in [0.717, 1.165) is 36.5 Å². The van der Waals surface area contributed by atoms with Crippen LogP contribution in [0.3, 0.4) is 0 Å². The highest BCUT2D eigenvalue weighted by Gasteiger charge is 2.19. The van der Waals surface area contributed by atoms with Crippen LogP contribution in [0.25, 0.3) is 5.65 Å². The number of hydrogen-bond donors (Lipinski definition) is 0. The number of pyridine rings is 1. The molecule has 1 aliphatic heterocycles. The summed E-state index contributed by atoms with van der Waals surface area (Å²) >= 11 is 6.10. The van der Waals surface area contributed by atoms with Crippen molar-refractivity contribution >= 4 is 23.0 Å². The van der Waals surface area contributed by atoms with Crippen LogP contribution in [-0.2, 0) is 19.3 Å². The standard InChI is InChI=1S/C20H19ClN2O2/c1-2-16-20(23-12-15(21)5-8-19(23)22-16)17(24)6-3-13-4-7-18-14(11-13)9-10-25-18/h4-5,7-8,11-12H,2-3,6,9-10H2,1H3. The van der Waals surface area contributed by atoms with Crippen LogP contribution >= 0.6 is 11.6 Å². The van der Waals surface area contributed by atoms with Gasteiger partial charge < -0.3 is 4.74 Å². The van der Waals surface area contributed by atoms with Gasteiger partial charge in [-0.25, -0.2) is 4.98 Å². The number of halogens is 1. The van der Waals surface area contributed by atoms with E-state index in [1.54, 1.807) is 12.3 Å². The van der Waals surface area contributed by atoms with Gasteiger partial charge in [0.2, 0.25) is 0 Å². The molecule has 0 saturated heterocycles. The van der Waals surface area contributed by atoms with Crippen LogP contribution in [0, 0.1) is 0 Å². The van der Waals surface area contributed by atoms with Gasteiger partial charge in [0.25, 0.3) is 0 Å². The first kappa shape index (κ1) is 16.2. The highest BCUT2D eigenvalue weighted by molar-refractivity contribution is 6.30. The number of Topliss-reactive ketones (excluding diaryl/α,β-unsaturated/α-hetero) is 1. The summed E-state index contributed by atoms with van der Waals surface area (Å²) in [6, 6.07) is 9.85. The molecular weight excluding hydrogens is 336 g/mol. The van der Waals surface area contributed by atoms with Crippen molar-refractivity contribution in [1.29, 1.82) is 0 Å². The summed E-state index contributed by atoms with van der Waals surface area (Å²) in [5.74, 6) is 1.07. The van der Waals surface area contributed by atoms with Gasteiger partial charge in [0.15, 0.2) is 5.78 Å². The van der Waals surface area contributed by atoms with Crippen LogP contribution in [0.15, 0.2) is 36.5 Å². The average Bonchev–Trinajstić information content (AvgIpc) is 3.22. The van der Waals surface area contributed by atoms with Crippen molar-refractivity contribution in [2.45, 2.75) is 32.6 Å². The molecule has 0 spiro atoms. The lowest BCUT2D eigenvalue weighted by Gasteiger charge is -2.06. The molecule has 0 bridgehead atoms. The first-order valence-electron chi connectivity index (χ1n) is 8.60. The van der Waals surface area contributed by atoms with E-state index in [2.05, 4.69) is 11.1 Å². The van der Waals surface area contributed by atoms with Crippen LogP contribution in [0.2, 0.25) is 5.02 Å². The summed E-state index contributed by atoms with van der Waals surface area (Å²) in [6.07, 6.45) is 4.60. The van der Waals surface area contributed by atoms with Crippen molar-refractivity contribution < 1.29 is 9.53 Å². The number of nitrogens with zero attached hydrogens (tertiary/aromatic N) is 2. The topological polar surface area (TPSA) is 43.6 Å². The minimum absolute atomic E-state index is 0.100. The van der Waals surface area contributed by atoms with Crippen LogP contribution in [-0.4, -0.2) is 21.8 Å². The fraction of sp³-hybridized carbons (Fsp3) is 0.300. The predicted octanol–water partition coefficient (Wildman–Crippen LogP) is 4.30. The molecule has 0 atom stereocenters. The molecule has 25 heavy (non-hydrogen) atoms. The number of aryl methyl sites for hydroxylation is 2. The zero-order valence-corrected chi connectivity index (χ0v) is 14.8. The Morgan fingerprint density at radius 1 is 1.32 bits per heavy atom. The molecule has 0 aliphatic carbocycles. The van der Waals surface area contributed by atoms with E-state index >= 15 is 0 Å². The van der Waals surface area contributed by atoms with E-state index in [4.69, 9.17) is 16.3 Å². The molecule has 3 heterocycles. The lowest BCUT2D eigenvalue weighted by Crippen LogP contribution is -2.08. The summed E-state index contributed by atoms with van der Waals surface area (Å²) in [5.41, 5.74) is 4.65. The number of carbonyl (C=O) groups excluding carboxylic acids is 1. The van der Waals surface area contributed by atoms with Crippen molar-refractivity contribution in [3.63, 3.8) is 0 Å². The molecule has 0 saturated carbocycles. The fourth-order valence-corrected chi connectivity index (χ4v) is 3.54. The van der Waals surface area contributed by atoms with Crippen molar-refractivity contribution in [2.75, 3.05) is 6.61 Å². The molecular formula is C20H19ClN2O2. The lowest BCUT2D eigenvalue weighted by molar-refractivity contribution is 0.0976. The van der Waals surface area contributed by atoms with Gasteiger partial charge in [0, 0.05) is 19.0 Å². The minimum Gasteiger partial charge on any atom is -0.493 e. The molecule has 128 valence electrons. The smallest absolute Gasteiger partial charge is 0.181 e. The quantitative estimate of drug-likeness (QED) is 0.641. The minimum atomic E-state index is 0.100. The Morgan fingerprint density at radius 2 is 2.20 bits per heavy atom. The number of benzene rings is 1. The number of fused-ring (bicyclic) bond motifs is 2. The van der Waals surface area contributed by atoms with E-state index in [-0.39, 0.29) is 5.78 Å². The summed E-state index contributed by atoms with van der Waals surface area (Å²) in [4.78, 5) is 17.5. The van der Waals surface area contributed by atoms with E-state index in [1.807, 2.05) is 29.5 Å². The summed E-state index contributed by atoms with van der Waals surface area (Å²) in [6.45, 7) is 2.76. The van der Waals surface area contributed by atoms with Gasteiger partial charge in [-0.05, 0) is 42.2 Å². The highest BCUT2D eigenvalue weighted by Crippen LogP contribution is 2.26. The molecule has 0 N–H and O–H groups in total. The molecule has 1 aliphatic rings. The fourth-order valence-electron chi connectivity index (χ4n) is 3.38. The number of imidazole rings is 1. The second-order valence-corrected chi connectivity index (χ2v) is 6.74. The van der Waals surface area contributed by atoms with Crippen LogP contribution < -0.4 is 4.74 Å². The maximum Gasteiger partial charge on any atom is 0.181 e. The van der Waals surface area contributed by atoms with Gasteiger partial charge >= 0.3 is 0 Å². The van der Waals surface area contributed by atoms with E-state index in [1.165, 1.54) is 11.1 Å². The van der Waals surface area contributed by atoms with Crippen molar-refractivity contribution in [1.82, 2.24) is 9.38 Å². The van der Waals surface area contributed by atoms with Gasteiger partial charge in [-0.15, -0.1) is 0 Å². The predicted molar refractivity (Wildman–Crippen MR) is 97.9 cm³/mol. The molecule has 3 aromatic rings. The molecule has 2 aromatic heterocycles. The normalized spacial score (nSPS) is 13.0. The summed E-state index contributed by atoms with van der Waals surface area (Å²) in [5, 5.41) is 0.597. The third-order valence-corrected chi connectivity index (χ3v) is 4.87. The number of aromatic nitrogens is 2. The number of carbonyl (C=O) groups is 1. The van der Waals surface area contributed by atoms with Gasteiger partial charge in [0.1, 0.15) is 17.1 Å². The van der Waals surface area contributed by atoms with Gasteiger partial charge in [0.05, 0.1) is 17.3 Å². The first-order chi connectivity index (χ1) is 12.2. The first-order valence-corrected chi connectivity index (χ1v) is 8.98. The molecule has 1 aromatic carbocycles. The third-order valence-electron chi connectivity index (χ3n) is 4.65. The second kappa shape index (κ2) is 6.52. The molecule has 4 nitrogen and oxygen atoms in total. The lowest BCUT2D eigenvalue weighted by atomic mass is 10.0. The Balaban J connectivity index is 1.58. The SMILES string of the molecule is CCc1nc2ccc(Cl)cn2c1C(=O)CCc1ccc2c(c1)CCO2. The Hall–Kier alpha value is -2.33. The zero-order chi connectivity index (χ0) is 17.4. The van der Waals surface area contributed by atoms with Crippen molar-refractivity contribution in [3.8, 4) is 5.75 Å². The molecule has 5 heteroatoms. The molecule has 4 rings (SSSR count). The van der Waals surface area contributed by atoms with Crippen molar-refractivity contribution in [2.24, 2.45) is 0 Å². The third kappa shape index (κ3) is 3.02. The summed E-state index contributed by atoms with van der Waals surface area (Å²) < 4.78 is 7.36. The van der Waals surface area contributed by atoms with Gasteiger partial charge in [-0.2, -0.15) is 0 Å². The monoisotopic (exact) mass is 354 g/mol. The van der Waals surface area contributed by atoms with E-state index in [0.29, 0.717) is 23.6 Å². The van der Waals surface area contributed by atoms with Gasteiger partial charge in [-0.1, -0.05) is 30.7 Å². The molecule has 0 amide bonds. The van der Waals surface area contributed by atoms with E-state index < -0.39 is 0 Å². The van der Waals surface area contributed by atoms with E-state index in [9.17, 15) is 4.79 Å². The maximum absolute atomic E-state index is 12.9. The maximum atomic E-state index is 12.9. The van der Waals surface area contributed by atoms with Gasteiger partial charge in [-0.3, -0.25) is 9.20 Å². The summed E-state index contributed by atoms with van der Waals surface area (Å²) in [7, 11) is 0. The Morgan fingerprint density at radius 3 is 3.04 bits per heavy atom. The number of ketones is 1. The Labute approximate surface area is 151 Å². The largest absolute Gasteiger partial charge is 0.493 e. The van der Waals surface area contributed by atoms with Crippen LogP contribution in [0.5, 0.6) is 5.75 Å². The molecule has 0 fully saturated rings. The van der Waals surface area contributed by atoms with Crippen LogP contribution in [0.4, 0.5) is 0 Å². The average molecular weight is 355 g/mol. The highest BCUT2D eigenvalue weighted by atomic mass is 35.5. The Bertz CT molecular complexity index is 962. The zero-order valence-electron chi connectivity index (χ0n) is 14.1. The number of rotatable bonds is 5.